The third-order valence-corrected chi connectivity index (χ3v) is 6.21. The van der Waals surface area contributed by atoms with E-state index in [0.29, 0.717) is 36.6 Å². The Morgan fingerprint density at radius 3 is 2.65 bits per heavy atom. The number of aromatic nitrogens is 3. The van der Waals surface area contributed by atoms with Gasteiger partial charge in [-0.25, -0.2) is 9.78 Å². The number of fused-ring (bicyclic) bond motifs is 4. The van der Waals surface area contributed by atoms with Gasteiger partial charge < -0.3 is 19.2 Å². The van der Waals surface area contributed by atoms with Crippen molar-refractivity contribution in [1.29, 1.82) is 0 Å². The molecule has 8 heteroatoms. The van der Waals surface area contributed by atoms with Crippen molar-refractivity contribution < 1.29 is 14.3 Å². The van der Waals surface area contributed by atoms with Crippen LogP contribution in [-0.2, 0) is 11.3 Å². The van der Waals surface area contributed by atoms with Gasteiger partial charge in [0, 0.05) is 43.6 Å². The Balaban J connectivity index is 1.46. The Kier molecular flexibility index (Phi) is 4.69. The molecule has 3 aromatic rings. The molecule has 0 radical (unpaired) electrons. The summed E-state index contributed by atoms with van der Waals surface area (Å²) in [6.07, 6.45) is 4.26. The lowest BCUT2D eigenvalue weighted by Gasteiger charge is -2.43. The van der Waals surface area contributed by atoms with E-state index in [2.05, 4.69) is 9.97 Å². The lowest BCUT2D eigenvalue weighted by molar-refractivity contribution is 0.0556. The maximum absolute atomic E-state index is 13.3. The van der Waals surface area contributed by atoms with E-state index in [1.54, 1.807) is 47.6 Å². The number of hydrogen-bond donors (Lipinski definition) is 1. The van der Waals surface area contributed by atoms with Crippen LogP contribution in [0, 0.1) is 5.92 Å². The average Bonchev–Trinajstić information content (AvgIpc) is 3.33. The molecule has 0 unspecified atom stereocenters. The van der Waals surface area contributed by atoms with E-state index < -0.39 is 5.97 Å². The minimum atomic E-state index is -0.525. The normalized spacial score (nSPS) is 19.6. The summed E-state index contributed by atoms with van der Waals surface area (Å²) in [5, 5.41) is 0. The molecule has 1 fully saturated rings. The molecule has 158 valence electrons. The van der Waals surface area contributed by atoms with Gasteiger partial charge in [0.05, 0.1) is 23.8 Å². The second-order valence-corrected chi connectivity index (χ2v) is 8.07. The number of esters is 1. The second kappa shape index (κ2) is 7.54. The van der Waals surface area contributed by atoms with E-state index in [-0.39, 0.29) is 28.9 Å². The minimum Gasteiger partial charge on any atom is -0.465 e. The first kappa shape index (κ1) is 19.3. The van der Waals surface area contributed by atoms with Crippen LogP contribution in [0.5, 0.6) is 0 Å². The number of pyridine rings is 1. The van der Waals surface area contributed by atoms with Crippen molar-refractivity contribution in [3.8, 4) is 11.4 Å². The molecule has 0 aliphatic carbocycles. The summed E-state index contributed by atoms with van der Waals surface area (Å²) >= 11 is 0. The SMILES string of the molecule is COC(=O)c1ccccc1C(=O)N1C[C@@H]2C[C@H](C1)c1ccc(-c3ncc[nH]3)c(=O)n1C2. The number of aromatic amines is 1. The number of imidazole rings is 1. The summed E-state index contributed by atoms with van der Waals surface area (Å²) in [4.78, 5) is 47.5. The van der Waals surface area contributed by atoms with E-state index in [4.69, 9.17) is 4.74 Å². The van der Waals surface area contributed by atoms with Crippen LogP contribution in [0.3, 0.4) is 0 Å². The summed E-state index contributed by atoms with van der Waals surface area (Å²) in [5.41, 5.74) is 2.05. The van der Waals surface area contributed by atoms with Gasteiger partial charge in [-0.15, -0.1) is 0 Å². The molecule has 2 aliphatic heterocycles. The molecule has 8 nitrogen and oxygen atoms in total. The summed E-state index contributed by atoms with van der Waals surface area (Å²) in [6, 6.07) is 10.5. The van der Waals surface area contributed by atoms with E-state index in [0.717, 1.165) is 12.1 Å². The van der Waals surface area contributed by atoms with E-state index >= 15 is 0 Å². The fraction of sp³-hybridized carbons (Fsp3) is 0.304. The van der Waals surface area contributed by atoms with E-state index in [1.165, 1.54) is 7.11 Å². The Morgan fingerprint density at radius 1 is 1.10 bits per heavy atom. The lowest BCUT2D eigenvalue weighted by atomic mass is 9.82. The van der Waals surface area contributed by atoms with E-state index in [1.807, 2.05) is 10.6 Å². The molecule has 1 amide bonds. The molecule has 2 aliphatic rings. The molecule has 31 heavy (non-hydrogen) atoms. The number of carbonyl (C=O) groups excluding carboxylic acids is 2. The zero-order chi connectivity index (χ0) is 21.5. The first-order chi connectivity index (χ1) is 15.1. The van der Waals surface area contributed by atoms with Gasteiger partial charge >= 0.3 is 5.97 Å². The number of hydrogen-bond acceptors (Lipinski definition) is 5. The van der Waals surface area contributed by atoms with Crippen LogP contribution in [0.4, 0.5) is 0 Å². The number of H-pyrrole nitrogens is 1. The summed E-state index contributed by atoms with van der Waals surface area (Å²) in [6.45, 7) is 1.60. The summed E-state index contributed by atoms with van der Waals surface area (Å²) in [5.74, 6) is 0.0968. The predicted molar refractivity (Wildman–Crippen MR) is 113 cm³/mol. The maximum Gasteiger partial charge on any atom is 0.338 e. The second-order valence-electron chi connectivity index (χ2n) is 8.07. The molecule has 0 saturated carbocycles. The number of benzene rings is 1. The number of nitrogens with one attached hydrogen (secondary N) is 1. The highest BCUT2D eigenvalue weighted by atomic mass is 16.5. The first-order valence-corrected chi connectivity index (χ1v) is 10.3. The number of nitrogens with zero attached hydrogens (tertiary/aromatic N) is 3. The number of likely N-dealkylation sites (tertiary alicyclic amines) is 1. The minimum absolute atomic E-state index is 0.0574. The van der Waals surface area contributed by atoms with Gasteiger partial charge in [0.2, 0.25) is 0 Å². The van der Waals surface area contributed by atoms with Gasteiger partial charge in [-0.3, -0.25) is 9.59 Å². The standard InChI is InChI=1S/C23H22N4O4/c1-31-23(30)17-5-3-2-4-16(17)21(28)26-11-14-10-15(13-26)19-7-6-18(20-24-8-9-25-20)22(29)27(19)12-14/h2-9,14-15H,10-13H2,1H3,(H,24,25)/t14-,15+/m0/s1. The van der Waals surface area contributed by atoms with Crippen LogP contribution >= 0.6 is 0 Å². The zero-order valence-electron chi connectivity index (χ0n) is 17.1. The number of amides is 1. The molecule has 1 aromatic carbocycles. The highest BCUT2D eigenvalue weighted by Gasteiger charge is 2.37. The van der Waals surface area contributed by atoms with Crippen molar-refractivity contribution in [2.75, 3.05) is 20.2 Å². The van der Waals surface area contributed by atoms with Gasteiger partial charge in [-0.05, 0) is 36.6 Å². The van der Waals surface area contributed by atoms with Gasteiger partial charge in [0.15, 0.2) is 0 Å². The number of ether oxygens (including phenoxy) is 1. The fourth-order valence-electron chi connectivity index (χ4n) is 4.83. The molecule has 2 bridgehead atoms. The van der Waals surface area contributed by atoms with Gasteiger partial charge in [0.25, 0.3) is 11.5 Å². The third kappa shape index (κ3) is 3.24. The van der Waals surface area contributed by atoms with Crippen molar-refractivity contribution in [3.05, 3.63) is 76.0 Å². The fourth-order valence-corrected chi connectivity index (χ4v) is 4.83. The Hall–Kier alpha value is -3.68. The molecule has 0 spiro atoms. The van der Waals surface area contributed by atoms with Crippen molar-refractivity contribution in [1.82, 2.24) is 19.4 Å². The monoisotopic (exact) mass is 418 g/mol. The Bertz CT molecular complexity index is 1210. The number of methoxy groups -OCH3 is 1. The van der Waals surface area contributed by atoms with Crippen LogP contribution in [0.1, 0.15) is 38.7 Å². The third-order valence-electron chi connectivity index (χ3n) is 6.21. The van der Waals surface area contributed by atoms with Crippen molar-refractivity contribution in [2.45, 2.75) is 18.9 Å². The Labute approximate surface area is 178 Å². The smallest absolute Gasteiger partial charge is 0.338 e. The predicted octanol–water partition coefficient (Wildman–Crippen LogP) is 2.28. The van der Waals surface area contributed by atoms with Crippen LogP contribution < -0.4 is 5.56 Å². The summed E-state index contributed by atoms with van der Waals surface area (Å²) in [7, 11) is 1.31. The van der Waals surface area contributed by atoms with Crippen LogP contribution in [0.15, 0.2) is 53.6 Å². The van der Waals surface area contributed by atoms with Gasteiger partial charge in [-0.1, -0.05) is 12.1 Å². The molecule has 2 aromatic heterocycles. The molecule has 1 N–H and O–H groups in total. The van der Waals surface area contributed by atoms with Crippen LogP contribution in [-0.4, -0.2) is 51.5 Å². The topological polar surface area (TPSA) is 97.3 Å². The first-order valence-electron chi connectivity index (χ1n) is 10.3. The number of carbonyl (C=O) groups is 2. The van der Waals surface area contributed by atoms with Crippen LogP contribution in [0.25, 0.3) is 11.4 Å². The maximum atomic E-state index is 13.3. The highest BCUT2D eigenvalue weighted by Crippen LogP contribution is 2.36. The van der Waals surface area contributed by atoms with Crippen LogP contribution in [0.2, 0.25) is 0 Å². The highest BCUT2D eigenvalue weighted by molar-refractivity contribution is 6.05. The zero-order valence-corrected chi connectivity index (χ0v) is 17.1. The molecule has 5 rings (SSSR count). The molecule has 1 saturated heterocycles. The van der Waals surface area contributed by atoms with Crippen molar-refractivity contribution in [3.63, 3.8) is 0 Å². The largest absolute Gasteiger partial charge is 0.465 e. The van der Waals surface area contributed by atoms with Gasteiger partial charge in [-0.2, -0.15) is 0 Å². The van der Waals surface area contributed by atoms with Gasteiger partial charge in [0.1, 0.15) is 5.82 Å². The van der Waals surface area contributed by atoms with E-state index in [9.17, 15) is 14.4 Å². The lowest BCUT2D eigenvalue weighted by Crippen LogP contribution is -2.49. The Morgan fingerprint density at radius 2 is 1.90 bits per heavy atom. The molecule has 4 heterocycles. The number of rotatable bonds is 3. The molecular formula is C23H22N4O4. The summed E-state index contributed by atoms with van der Waals surface area (Å²) < 4.78 is 6.67. The molecule has 2 atom stereocenters. The van der Waals surface area contributed by atoms with Crippen molar-refractivity contribution >= 4 is 11.9 Å². The van der Waals surface area contributed by atoms with Crippen molar-refractivity contribution in [2.24, 2.45) is 5.92 Å². The molecular weight excluding hydrogens is 396 g/mol. The quantitative estimate of drug-likeness (QED) is 0.658. The number of piperidine rings is 1. The average molecular weight is 418 g/mol.